The number of aromatic nitrogens is 1. The van der Waals surface area contributed by atoms with Gasteiger partial charge in [0.05, 0.1) is 16.8 Å². The van der Waals surface area contributed by atoms with Crippen molar-refractivity contribution in [2.45, 2.75) is 24.5 Å². The van der Waals surface area contributed by atoms with E-state index in [1.165, 1.54) is 6.20 Å². The summed E-state index contributed by atoms with van der Waals surface area (Å²) in [6.45, 7) is 0. The molecule has 0 radical (unpaired) electrons. The van der Waals surface area contributed by atoms with Crippen LogP contribution in [0.4, 0.5) is 0 Å². The Kier molecular flexibility index (Phi) is 4.19. The van der Waals surface area contributed by atoms with Crippen molar-refractivity contribution in [1.29, 1.82) is 0 Å². The van der Waals surface area contributed by atoms with Gasteiger partial charge in [0.2, 0.25) is 0 Å². The first-order valence-electron chi connectivity index (χ1n) is 6.34. The van der Waals surface area contributed by atoms with E-state index in [9.17, 15) is 9.00 Å². The van der Waals surface area contributed by atoms with Crippen LogP contribution in [0.3, 0.4) is 0 Å². The predicted octanol–water partition coefficient (Wildman–Crippen LogP) is 4.13. The summed E-state index contributed by atoms with van der Waals surface area (Å²) in [6.07, 6.45) is 3.47. The molecular weight excluding hydrogens is 378 g/mol. The predicted molar refractivity (Wildman–Crippen MR) is 82.8 cm³/mol. The van der Waals surface area contributed by atoms with E-state index >= 15 is 0 Å². The molecule has 0 bridgehead atoms. The maximum atomic E-state index is 12.7. The maximum Gasteiger partial charge on any atom is 0.463 e. The van der Waals surface area contributed by atoms with Crippen LogP contribution in [0.15, 0.2) is 27.3 Å². The summed E-state index contributed by atoms with van der Waals surface area (Å²) in [5.41, 5.74) is 1.43. The molecule has 1 aromatic carbocycles. The number of benzene rings is 1. The van der Waals surface area contributed by atoms with Crippen LogP contribution < -0.4 is 0 Å². The molecule has 1 aliphatic rings. The van der Waals surface area contributed by atoms with Gasteiger partial charge in [-0.05, 0) is 40.9 Å². The van der Waals surface area contributed by atoms with Gasteiger partial charge in [-0.2, -0.15) is 0 Å². The minimum absolute atomic E-state index is 0.128. The fourth-order valence-electron chi connectivity index (χ4n) is 2.21. The summed E-state index contributed by atoms with van der Waals surface area (Å²) >= 11 is 9.90. The zero-order valence-electron chi connectivity index (χ0n) is 10.8. The molecule has 3 rings (SSSR count). The van der Waals surface area contributed by atoms with E-state index in [1.54, 1.807) is 12.1 Å². The highest BCUT2D eigenvalue weighted by Crippen LogP contribution is 2.42. The van der Waals surface area contributed by atoms with Crippen LogP contribution in [-0.4, -0.2) is 10.9 Å². The summed E-state index contributed by atoms with van der Waals surface area (Å²) < 4.78 is 16.8. The number of ketones is 1. The van der Waals surface area contributed by atoms with Crippen LogP contribution in [0, 0.1) is 0 Å². The van der Waals surface area contributed by atoms with Crippen LogP contribution in [0.25, 0.3) is 0 Å². The Morgan fingerprint density at radius 2 is 2.19 bits per heavy atom. The van der Waals surface area contributed by atoms with Gasteiger partial charge in [-0.15, -0.1) is 0 Å². The van der Waals surface area contributed by atoms with Gasteiger partial charge in [-0.3, -0.25) is 4.79 Å². The molecule has 0 atom stereocenters. The molecule has 0 unspecified atom stereocenters. The first-order valence-corrected chi connectivity index (χ1v) is 8.42. The second kappa shape index (κ2) is 5.94. The van der Waals surface area contributed by atoms with Crippen molar-refractivity contribution in [2.75, 3.05) is 0 Å². The third-order valence-corrected chi connectivity index (χ3v) is 5.16. The fraction of sp³-hybridized carbons (Fsp3) is 0.286. The SMILES string of the molecule is O=[S+]Cc1c(C(=O)c2cnoc2C2CC2)ccc(Br)c1Cl. The average Bonchev–Trinajstić information content (AvgIpc) is 3.21. The minimum atomic E-state index is -0.198. The van der Waals surface area contributed by atoms with Gasteiger partial charge >= 0.3 is 11.7 Å². The molecule has 21 heavy (non-hydrogen) atoms. The largest absolute Gasteiger partial charge is 0.463 e. The van der Waals surface area contributed by atoms with Crippen molar-refractivity contribution in [3.8, 4) is 0 Å². The van der Waals surface area contributed by atoms with Gasteiger partial charge in [0.15, 0.2) is 11.5 Å². The molecule has 7 heteroatoms. The smallest absolute Gasteiger partial charge is 0.360 e. The maximum absolute atomic E-state index is 12.7. The van der Waals surface area contributed by atoms with E-state index in [2.05, 4.69) is 21.1 Å². The zero-order valence-corrected chi connectivity index (χ0v) is 13.9. The van der Waals surface area contributed by atoms with Crippen molar-refractivity contribution in [2.24, 2.45) is 0 Å². The monoisotopic (exact) mass is 386 g/mol. The van der Waals surface area contributed by atoms with Crippen LogP contribution >= 0.6 is 27.5 Å². The number of hydrogen-bond acceptors (Lipinski definition) is 4. The van der Waals surface area contributed by atoms with E-state index in [0.29, 0.717) is 43.6 Å². The molecule has 108 valence electrons. The molecule has 1 saturated carbocycles. The highest BCUT2D eigenvalue weighted by Gasteiger charge is 2.33. The lowest BCUT2D eigenvalue weighted by atomic mass is 9.98. The molecule has 0 spiro atoms. The molecule has 0 aliphatic heterocycles. The van der Waals surface area contributed by atoms with Crippen molar-refractivity contribution >= 4 is 45.0 Å². The first-order chi connectivity index (χ1) is 10.1. The number of hydrogen-bond donors (Lipinski definition) is 0. The number of nitrogens with zero attached hydrogens (tertiary/aromatic N) is 1. The van der Waals surface area contributed by atoms with Crippen LogP contribution in [0.2, 0.25) is 5.02 Å². The highest BCUT2D eigenvalue weighted by molar-refractivity contribution is 9.10. The first kappa shape index (κ1) is 14.8. The number of halogens is 2. The second-order valence-electron chi connectivity index (χ2n) is 4.86. The molecule has 0 N–H and O–H groups in total. The molecule has 1 aliphatic carbocycles. The van der Waals surface area contributed by atoms with E-state index < -0.39 is 0 Å². The standard InChI is InChI=1S/C14H10BrClNO3S/c15-11-4-3-8(10(6-21-19)12(11)16)13(18)9-5-17-20-14(9)7-1-2-7/h3-5,7H,1-2,6H2/q+1. The Morgan fingerprint density at radius 1 is 1.43 bits per heavy atom. The topological polar surface area (TPSA) is 60.2 Å². The Balaban J connectivity index is 2.06. The molecule has 4 nitrogen and oxygen atoms in total. The number of carbonyl (C=O) groups is 1. The summed E-state index contributed by atoms with van der Waals surface area (Å²) in [7, 11) is 0. The lowest BCUT2D eigenvalue weighted by molar-refractivity contribution is 0.103. The van der Waals surface area contributed by atoms with Crippen LogP contribution in [-0.2, 0) is 21.6 Å². The fourth-order valence-corrected chi connectivity index (χ4v) is 3.31. The summed E-state index contributed by atoms with van der Waals surface area (Å²) in [6, 6.07) is 3.38. The van der Waals surface area contributed by atoms with Gasteiger partial charge in [0, 0.05) is 25.7 Å². The number of carbonyl (C=O) groups excluding carboxylic acids is 1. The van der Waals surface area contributed by atoms with Gasteiger partial charge in [0.1, 0.15) is 0 Å². The average molecular weight is 388 g/mol. The van der Waals surface area contributed by atoms with E-state index in [4.69, 9.17) is 16.1 Å². The summed E-state index contributed by atoms with van der Waals surface area (Å²) in [5.74, 6) is 0.856. The molecule has 2 aromatic rings. The van der Waals surface area contributed by atoms with Gasteiger partial charge in [0.25, 0.3) is 5.75 Å². The van der Waals surface area contributed by atoms with Crippen molar-refractivity contribution in [3.63, 3.8) is 0 Å². The van der Waals surface area contributed by atoms with Crippen LogP contribution in [0.5, 0.6) is 0 Å². The highest BCUT2D eigenvalue weighted by atomic mass is 79.9. The van der Waals surface area contributed by atoms with Crippen LogP contribution in [0.1, 0.15) is 46.0 Å². The zero-order chi connectivity index (χ0) is 15.0. The van der Waals surface area contributed by atoms with E-state index in [0.717, 1.165) is 12.8 Å². The molecular formula is C14H10BrClNO3S+. The molecule has 0 saturated heterocycles. The number of rotatable bonds is 5. The minimum Gasteiger partial charge on any atom is -0.360 e. The summed E-state index contributed by atoms with van der Waals surface area (Å²) in [4.78, 5) is 12.7. The summed E-state index contributed by atoms with van der Waals surface area (Å²) in [5, 5.41) is 4.14. The molecule has 1 heterocycles. The second-order valence-corrected chi connectivity index (χ2v) is 6.61. The third-order valence-electron chi connectivity index (χ3n) is 3.44. The van der Waals surface area contributed by atoms with Gasteiger partial charge in [-0.1, -0.05) is 16.8 Å². The van der Waals surface area contributed by atoms with Gasteiger partial charge < -0.3 is 4.52 Å². The van der Waals surface area contributed by atoms with Crippen molar-refractivity contribution in [1.82, 2.24) is 5.16 Å². The van der Waals surface area contributed by atoms with Crippen molar-refractivity contribution in [3.05, 3.63) is 50.3 Å². The Hall–Kier alpha value is -1.11. The normalized spacial score (nSPS) is 14.2. The Bertz CT molecular complexity index is 727. The lowest BCUT2D eigenvalue weighted by Crippen LogP contribution is -2.07. The lowest BCUT2D eigenvalue weighted by Gasteiger charge is -2.07. The van der Waals surface area contributed by atoms with Crippen molar-refractivity contribution < 1.29 is 13.5 Å². The third kappa shape index (κ3) is 2.80. The Labute approximate surface area is 138 Å². The quantitative estimate of drug-likeness (QED) is 0.572. The van der Waals surface area contributed by atoms with Gasteiger partial charge in [-0.25, -0.2) is 0 Å². The van der Waals surface area contributed by atoms with E-state index in [1.807, 2.05) is 0 Å². The molecule has 1 aromatic heterocycles. The molecule has 0 amide bonds. The Morgan fingerprint density at radius 3 is 2.86 bits per heavy atom. The molecule has 1 fully saturated rings. The van der Waals surface area contributed by atoms with E-state index in [-0.39, 0.29) is 17.5 Å².